The molecule has 1 unspecified atom stereocenters. The van der Waals surface area contributed by atoms with Crippen LogP contribution >= 0.6 is 11.8 Å². The Morgan fingerprint density at radius 3 is 2.77 bits per heavy atom. The Labute approximate surface area is 136 Å². The number of nitrogens with zero attached hydrogens (tertiary/aromatic N) is 2. The fourth-order valence-electron chi connectivity index (χ4n) is 3.11. The van der Waals surface area contributed by atoms with Crippen LogP contribution in [0, 0.1) is 6.92 Å². The van der Waals surface area contributed by atoms with Crippen molar-refractivity contribution in [2.75, 3.05) is 45.1 Å². The van der Waals surface area contributed by atoms with E-state index in [9.17, 15) is 4.79 Å². The molecule has 3 rings (SSSR count). The third kappa shape index (κ3) is 3.65. The van der Waals surface area contributed by atoms with Crippen LogP contribution in [0.4, 0.5) is 0 Å². The van der Waals surface area contributed by atoms with Gasteiger partial charge in [-0.25, -0.2) is 0 Å². The SMILES string of the molecule is Cc1ccccc1C1SCC(=O)N1CCCN1CCOCC1. The van der Waals surface area contributed by atoms with E-state index in [2.05, 4.69) is 41.0 Å². The van der Waals surface area contributed by atoms with E-state index in [1.165, 1.54) is 11.1 Å². The number of carbonyl (C=O) groups excluding carboxylic acids is 1. The number of hydrogen-bond acceptors (Lipinski definition) is 4. The number of amides is 1. The molecule has 0 N–H and O–H groups in total. The molecule has 1 amide bonds. The predicted molar refractivity (Wildman–Crippen MR) is 90.0 cm³/mol. The smallest absolute Gasteiger partial charge is 0.233 e. The molecule has 0 saturated carbocycles. The van der Waals surface area contributed by atoms with E-state index < -0.39 is 0 Å². The zero-order chi connectivity index (χ0) is 15.4. The Morgan fingerprint density at radius 2 is 2.00 bits per heavy atom. The van der Waals surface area contributed by atoms with Gasteiger partial charge < -0.3 is 9.64 Å². The molecule has 2 aliphatic rings. The standard InChI is InChI=1S/C17H24N2O2S/c1-14-5-2-3-6-15(14)17-19(16(20)13-22-17)8-4-7-18-9-11-21-12-10-18/h2-3,5-6,17H,4,7-13H2,1H3. The molecule has 1 aromatic rings. The number of morpholine rings is 1. The lowest BCUT2D eigenvalue weighted by atomic mass is 10.1. The molecule has 0 aliphatic carbocycles. The first-order valence-electron chi connectivity index (χ1n) is 8.02. The molecule has 2 saturated heterocycles. The van der Waals surface area contributed by atoms with Crippen molar-refractivity contribution in [2.24, 2.45) is 0 Å². The topological polar surface area (TPSA) is 32.8 Å². The molecule has 22 heavy (non-hydrogen) atoms. The van der Waals surface area contributed by atoms with Gasteiger partial charge in [-0.3, -0.25) is 9.69 Å². The van der Waals surface area contributed by atoms with Crippen molar-refractivity contribution >= 4 is 17.7 Å². The van der Waals surface area contributed by atoms with Crippen molar-refractivity contribution < 1.29 is 9.53 Å². The summed E-state index contributed by atoms with van der Waals surface area (Å²) in [6, 6.07) is 8.41. The van der Waals surface area contributed by atoms with Crippen LogP contribution in [0.3, 0.4) is 0 Å². The maximum Gasteiger partial charge on any atom is 0.233 e. The van der Waals surface area contributed by atoms with Crippen molar-refractivity contribution in [3.05, 3.63) is 35.4 Å². The molecule has 0 spiro atoms. The Kier molecular flexibility index (Phi) is 5.39. The lowest BCUT2D eigenvalue weighted by Gasteiger charge is -2.29. The first-order chi connectivity index (χ1) is 10.8. The van der Waals surface area contributed by atoms with Gasteiger partial charge in [-0.2, -0.15) is 0 Å². The Balaban J connectivity index is 1.58. The van der Waals surface area contributed by atoms with Crippen molar-refractivity contribution in [2.45, 2.75) is 18.7 Å². The normalized spacial score (nSPS) is 23.2. The molecule has 2 aliphatic heterocycles. The highest BCUT2D eigenvalue weighted by Crippen LogP contribution is 2.39. The van der Waals surface area contributed by atoms with Gasteiger partial charge in [0.2, 0.25) is 5.91 Å². The molecule has 0 radical (unpaired) electrons. The molecule has 2 heterocycles. The van der Waals surface area contributed by atoms with Gasteiger partial charge in [0.05, 0.1) is 19.0 Å². The van der Waals surface area contributed by atoms with E-state index in [0.717, 1.165) is 45.8 Å². The van der Waals surface area contributed by atoms with Gasteiger partial charge in [-0.05, 0) is 24.5 Å². The van der Waals surface area contributed by atoms with E-state index in [1.54, 1.807) is 11.8 Å². The third-order valence-corrected chi connectivity index (χ3v) is 5.64. The molecule has 4 nitrogen and oxygen atoms in total. The summed E-state index contributed by atoms with van der Waals surface area (Å²) in [6.07, 6.45) is 1.04. The summed E-state index contributed by atoms with van der Waals surface area (Å²) in [5, 5.41) is 0.193. The molecule has 0 aromatic heterocycles. The van der Waals surface area contributed by atoms with E-state index in [-0.39, 0.29) is 11.3 Å². The number of hydrogen-bond donors (Lipinski definition) is 0. The minimum atomic E-state index is 0.193. The maximum absolute atomic E-state index is 12.2. The Morgan fingerprint density at radius 1 is 1.23 bits per heavy atom. The van der Waals surface area contributed by atoms with Crippen LogP contribution in [-0.2, 0) is 9.53 Å². The van der Waals surface area contributed by atoms with Crippen molar-refractivity contribution in [3.63, 3.8) is 0 Å². The van der Waals surface area contributed by atoms with Gasteiger partial charge >= 0.3 is 0 Å². The number of ether oxygens (including phenoxy) is 1. The fourth-order valence-corrected chi connectivity index (χ4v) is 4.42. The first-order valence-corrected chi connectivity index (χ1v) is 9.07. The second-order valence-electron chi connectivity index (χ2n) is 5.91. The summed E-state index contributed by atoms with van der Waals surface area (Å²) in [5.41, 5.74) is 2.55. The van der Waals surface area contributed by atoms with Crippen LogP contribution in [-0.4, -0.2) is 60.9 Å². The highest BCUT2D eigenvalue weighted by atomic mass is 32.2. The largest absolute Gasteiger partial charge is 0.379 e. The average Bonchev–Trinajstić information content (AvgIpc) is 2.90. The van der Waals surface area contributed by atoms with E-state index in [4.69, 9.17) is 4.74 Å². The van der Waals surface area contributed by atoms with E-state index in [1.807, 2.05) is 0 Å². The molecule has 1 atom stereocenters. The van der Waals surface area contributed by atoms with Gasteiger partial charge in [0.1, 0.15) is 5.37 Å². The van der Waals surface area contributed by atoms with Crippen LogP contribution in [0.1, 0.15) is 22.9 Å². The average molecular weight is 320 g/mol. The lowest BCUT2D eigenvalue weighted by Crippen LogP contribution is -2.38. The number of rotatable bonds is 5. The van der Waals surface area contributed by atoms with Crippen LogP contribution in [0.2, 0.25) is 0 Å². The number of benzene rings is 1. The highest BCUT2D eigenvalue weighted by Gasteiger charge is 2.33. The van der Waals surface area contributed by atoms with Gasteiger partial charge in [-0.15, -0.1) is 11.8 Å². The number of aryl methyl sites for hydroxylation is 1. The molecular formula is C17H24N2O2S. The summed E-state index contributed by atoms with van der Waals surface area (Å²) < 4.78 is 5.38. The fraction of sp³-hybridized carbons (Fsp3) is 0.588. The third-order valence-electron chi connectivity index (χ3n) is 4.40. The molecule has 0 bridgehead atoms. The molecule has 1 aromatic carbocycles. The summed E-state index contributed by atoms with van der Waals surface area (Å²) in [6.45, 7) is 7.74. The summed E-state index contributed by atoms with van der Waals surface area (Å²) in [5.74, 6) is 0.886. The van der Waals surface area contributed by atoms with Crippen molar-refractivity contribution in [1.82, 2.24) is 9.80 Å². The summed E-state index contributed by atoms with van der Waals surface area (Å²) in [7, 11) is 0. The van der Waals surface area contributed by atoms with Crippen LogP contribution in [0.5, 0.6) is 0 Å². The molecular weight excluding hydrogens is 296 g/mol. The molecule has 120 valence electrons. The minimum Gasteiger partial charge on any atom is -0.379 e. The first kappa shape index (κ1) is 15.8. The summed E-state index contributed by atoms with van der Waals surface area (Å²) in [4.78, 5) is 16.7. The summed E-state index contributed by atoms with van der Waals surface area (Å²) >= 11 is 1.75. The highest BCUT2D eigenvalue weighted by molar-refractivity contribution is 8.00. The van der Waals surface area contributed by atoms with Crippen molar-refractivity contribution in [1.29, 1.82) is 0 Å². The lowest BCUT2D eigenvalue weighted by molar-refractivity contribution is -0.128. The molecule has 2 fully saturated rings. The second-order valence-corrected chi connectivity index (χ2v) is 6.98. The van der Waals surface area contributed by atoms with Gasteiger partial charge in [-0.1, -0.05) is 24.3 Å². The Hall–Kier alpha value is -1.04. The second kappa shape index (κ2) is 7.49. The van der Waals surface area contributed by atoms with E-state index in [0.29, 0.717) is 5.75 Å². The quantitative estimate of drug-likeness (QED) is 0.833. The Bertz CT molecular complexity index is 517. The van der Waals surface area contributed by atoms with Crippen molar-refractivity contribution in [3.8, 4) is 0 Å². The monoisotopic (exact) mass is 320 g/mol. The minimum absolute atomic E-state index is 0.193. The predicted octanol–water partition coefficient (Wildman–Crippen LogP) is 2.29. The van der Waals surface area contributed by atoms with Gasteiger partial charge in [0.25, 0.3) is 0 Å². The molecule has 5 heteroatoms. The number of carbonyl (C=O) groups is 1. The zero-order valence-electron chi connectivity index (χ0n) is 13.2. The van der Waals surface area contributed by atoms with Gasteiger partial charge in [0, 0.05) is 26.2 Å². The van der Waals surface area contributed by atoms with Gasteiger partial charge in [0.15, 0.2) is 0 Å². The zero-order valence-corrected chi connectivity index (χ0v) is 14.0. The van der Waals surface area contributed by atoms with Crippen LogP contribution < -0.4 is 0 Å². The van der Waals surface area contributed by atoms with Crippen LogP contribution in [0.25, 0.3) is 0 Å². The van der Waals surface area contributed by atoms with Crippen LogP contribution in [0.15, 0.2) is 24.3 Å². The van der Waals surface area contributed by atoms with E-state index >= 15 is 0 Å². The maximum atomic E-state index is 12.2. The number of thioether (sulfide) groups is 1.